The fourth-order valence-corrected chi connectivity index (χ4v) is 1.86. The second kappa shape index (κ2) is 10.7. The van der Waals surface area contributed by atoms with Crippen LogP contribution in [0.5, 0.6) is 0 Å². The molecule has 68 valence electrons. The Hall–Kier alpha value is 0.660. The van der Waals surface area contributed by atoms with Crippen LogP contribution in [0.15, 0.2) is 0 Å². The van der Waals surface area contributed by atoms with E-state index in [0.717, 1.165) is 18.1 Å². The third-order valence-electron chi connectivity index (χ3n) is 1.38. The molecule has 0 fully saturated rings. The highest BCUT2D eigenvalue weighted by molar-refractivity contribution is 7.99. The Morgan fingerprint density at radius 3 is 2.64 bits per heavy atom. The fourth-order valence-electron chi connectivity index (χ4n) is 0.737. The van der Waals surface area contributed by atoms with Gasteiger partial charge in [-0.05, 0) is 24.3 Å². The molecule has 11 heavy (non-hydrogen) atoms. The van der Waals surface area contributed by atoms with Crippen molar-refractivity contribution in [3.63, 3.8) is 0 Å². The maximum absolute atomic E-state index is 4.94. The predicted molar refractivity (Wildman–Crippen MR) is 56.9 cm³/mol. The minimum atomic E-state index is 0.886. The molecule has 0 bridgehead atoms. The predicted octanol–water partition coefficient (Wildman–Crippen LogP) is 2.47. The van der Waals surface area contributed by atoms with Gasteiger partial charge in [0.2, 0.25) is 0 Å². The minimum absolute atomic E-state index is 0.886. The van der Waals surface area contributed by atoms with E-state index in [1.165, 1.54) is 25.0 Å². The summed E-state index contributed by atoms with van der Waals surface area (Å²) in [5.41, 5.74) is 0. The Bertz CT molecular complexity index is 61.1. The summed E-state index contributed by atoms with van der Waals surface area (Å²) in [6, 6.07) is 0. The first-order chi connectivity index (χ1) is 5.41. The largest absolute Gasteiger partial charge is 0.384 e. The van der Waals surface area contributed by atoms with Crippen molar-refractivity contribution in [2.75, 3.05) is 31.0 Å². The lowest BCUT2D eigenvalue weighted by molar-refractivity contribution is 0.218. The van der Waals surface area contributed by atoms with Crippen molar-refractivity contribution in [3.05, 3.63) is 0 Å². The molecule has 0 spiro atoms. The van der Waals surface area contributed by atoms with Crippen LogP contribution in [0.3, 0.4) is 0 Å². The molecule has 3 heteroatoms. The average Bonchev–Trinajstić information content (AvgIpc) is 2.03. The van der Waals surface area contributed by atoms with Crippen LogP contribution in [0.25, 0.3) is 0 Å². The van der Waals surface area contributed by atoms with E-state index in [1.807, 2.05) is 11.8 Å². The smallest absolute Gasteiger partial charge is 0.0552 e. The lowest BCUT2D eigenvalue weighted by Gasteiger charge is -1.99. The molecule has 0 rings (SSSR count). The molecule has 0 heterocycles. The molecule has 0 radical (unpaired) electrons. The fraction of sp³-hybridized carbons (Fsp3) is 1.00. The summed E-state index contributed by atoms with van der Waals surface area (Å²) in [7, 11) is 1.75. The molecule has 0 atom stereocenters. The zero-order valence-electron chi connectivity index (χ0n) is 7.21. The van der Waals surface area contributed by atoms with E-state index in [1.54, 1.807) is 7.11 Å². The molecule has 0 aromatic rings. The molecular weight excluding hydrogens is 176 g/mol. The highest BCUT2D eigenvalue weighted by atomic mass is 32.2. The number of ether oxygens (including phenoxy) is 1. The van der Waals surface area contributed by atoms with Gasteiger partial charge in [-0.15, -0.1) is 0 Å². The van der Waals surface area contributed by atoms with E-state index in [-0.39, 0.29) is 0 Å². The monoisotopic (exact) mass is 194 g/mol. The number of hydrogen-bond donors (Lipinski definition) is 1. The Balaban J connectivity index is 2.69. The highest BCUT2D eigenvalue weighted by Crippen LogP contribution is 2.06. The molecule has 0 aliphatic heterocycles. The van der Waals surface area contributed by atoms with Crippen LogP contribution in [0.2, 0.25) is 0 Å². The van der Waals surface area contributed by atoms with Crippen molar-refractivity contribution < 1.29 is 4.74 Å². The zero-order valence-corrected chi connectivity index (χ0v) is 8.92. The summed E-state index contributed by atoms with van der Waals surface area (Å²) in [5, 5.41) is 0. The SMILES string of the molecule is COCCSCCCCCS. The van der Waals surface area contributed by atoms with E-state index >= 15 is 0 Å². The first kappa shape index (κ1) is 11.7. The van der Waals surface area contributed by atoms with E-state index in [4.69, 9.17) is 4.74 Å². The van der Waals surface area contributed by atoms with Gasteiger partial charge >= 0.3 is 0 Å². The van der Waals surface area contributed by atoms with Crippen molar-refractivity contribution in [1.82, 2.24) is 0 Å². The Kier molecular flexibility index (Phi) is 11.3. The molecule has 0 unspecified atom stereocenters. The Labute approximate surface area is 79.7 Å². The van der Waals surface area contributed by atoms with Gasteiger partial charge in [0, 0.05) is 12.9 Å². The van der Waals surface area contributed by atoms with Crippen LogP contribution in [0.1, 0.15) is 19.3 Å². The van der Waals surface area contributed by atoms with Crippen LogP contribution in [0, 0.1) is 0 Å². The summed E-state index contributed by atoms with van der Waals surface area (Å²) in [5.74, 6) is 3.44. The average molecular weight is 194 g/mol. The maximum Gasteiger partial charge on any atom is 0.0552 e. The number of unbranched alkanes of at least 4 members (excludes halogenated alkanes) is 2. The number of hydrogen-bond acceptors (Lipinski definition) is 3. The van der Waals surface area contributed by atoms with E-state index < -0.39 is 0 Å². The quantitative estimate of drug-likeness (QED) is 0.469. The van der Waals surface area contributed by atoms with Gasteiger partial charge in [-0.3, -0.25) is 0 Å². The molecule has 1 nitrogen and oxygen atoms in total. The van der Waals surface area contributed by atoms with E-state index in [9.17, 15) is 0 Å². The third kappa shape index (κ3) is 10.7. The second-order valence-electron chi connectivity index (χ2n) is 2.39. The molecule has 0 amide bonds. The summed E-state index contributed by atoms with van der Waals surface area (Å²) < 4.78 is 4.94. The molecular formula is C8H18OS2. The zero-order chi connectivity index (χ0) is 8.36. The summed E-state index contributed by atoms with van der Waals surface area (Å²) in [4.78, 5) is 0. The van der Waals surface area contributed by atoms with Gasteiger partial charge in [0.15, 0.2) is 0 Å². The van der Waals surface area contributed by atoms with Crippen LogP contribution in [-0.4, -0.2) is 31.0 Å². The second-order valence-corrected chi connectivity index (χ2v) is 4.06. The molecule has 0 aromatic carbocycles. The first-order valence-corrected chi connectivity index (χ1v) is 5.88. The van der Waals surface area contributed by atoms with Gasteiger partial charge in [0.1, 0.15) is 0 Å². The Morgan fingerprint density at radius 1 is 1.18 bits per heavy atom. The number of methoxy groups -OCH3 is 1. The third-order valence-corrected chi connectivity index (χ3v) is 2.73. The van der Waals surface area contributed by atoms with Crippen molar-refractivity contribution in [2.24, 2.45) is 0 Å². The lowest BCUT2D eigenvalue weighted by Crippen LogP contribution is -1.92. The van der Waals surface area contributed by atoms with Crippen molar-refractivity contribution in [1.29, 1.82) is 0 Å². The molecule has 0 aliphatic carbocycles. The Morgan fingerprint density at radius 2 is 2.00 bits per heavy atom. The number of thiol groups is 1. The van der Waals surface area contributed by atoms with Gasteiger partial charge < -0.3 is 4.74 Å². The van der Waals surface area contributed by atoms with Gasteiger partial charge in [0.25, 0.3) is 0 Å². The lowest BCUT2D eigenvalue weighted by atomic mass is 10.3. The molecule has 0 saturated carbocycles. The van der Waals surface area contributed by atoms with Crippen LogP contribution >= 0.6 is 24.4 Å². The van der Waals surface area contributed by atoms with Gasteiger partial charge in [0.05, 0.1) is 6.61 Å². The van der Waals surface area contributed by atoms with Crippen molar-refractivity contribution >= 4 is 24.4 Å². The summed E-state index contributed by atoms with van der Waals surface area (Å²) in [6.07, 6.45) is 3.91. The first-order valence-electron chi connectivity index (χ1n) is 4.09. The maximum atomic E-state index is 4.94. The van der Waals surface area contributed by atoms with Crippen molar-refractivity contribution in [2.45, 2.75) is 19.3 Å². The standard InChI is InChI=1S/C8H18OS2/c1-9-5-8-11-7-4-2-3-6-10/h10H,2-8H2,1H3. The highest BCUT2D eigenvalue weighted by Gasteiger charge is 1.89. The summed E-state index contributed by atoms with van der Waals surface area (Å²) in [6.45, 7) is 0.886. The van der Waals surface area contributed by atoms with Crippen molar-refractivity contribution in [3.8, 4) is 0 Å². The normalized spacial score (nSPS) is 10.4. The minimum Gasteiger partial charge on any atom is -0.384 e. The molecule has 0 aromatic heterocycles. The number of thioether (sulfide) groups is 1. The molecule has 0 saturated heterocycles. The topological polar surface area (TPSA) is 9.23 Å². The molecule has 0 aliphatic rings. The van der Waals surface area contributed by atoms with E-state index in [0.29, 0.717) is 0 Å². The molecule has 0 N–H and O–H groups in total. The van der Waals surface area contributed by atoms with E-state index in [2.05, 4.69) is 12.6 Å². The van der Waals surface area contributed by atoms with Gasteiger partial charge in [-0.1, -0.05) is 6.42 Å². The van der Waals surface area contributed by atoms with Crippen LogP contribution < -0.4 is 0 Å². The summed E-state index contributed by atoms with van der Waals surface area (Å²) >= 11 is 6.13. The number of rotatable bonds is 8. The van der Waals surface area contributed by atoms with Gasteiger partial charge in [-0.2, -0.15) is 24.4 Å². The van der Waals surface area contributed by atoms with Crippen LogP contribution in [0.4, 0.5) is 0 Å². The van der Waals surface area contributed by atoms with Crippen LogP contribution in [-0.2, 0) is 4.74 Å². The van der Waals surface area contributed by atoms with Gasteiger partial charge in [-0.25, -0.2) is 0 Å².